The van der Waals surface area contributed by atoms with Crippen molar-refractivity contribution in [3.63, 3.8) is 0 Å². The first-order valence-electron chi connectivity index (χ1n) is 10.3. The number of rotatable bonds is 10. The highest BCUT2D eigenvalue weighted by Gasteiger charge is 2.12. The van der Waals surface area contributed by atoms with Gasteiger partial charge in [-0.25, -0.2) is 0 Å². The fraction of sp³-hybridized carbons (Fsp3) is 0.417. The summed E-state index contributed by atoms with van der Waals surface area (Å²) in [5.74, 6) is -0.903. The number of ether oxygens (including phenoxy) is 1. The topological polar surface area (TPSA) is 75.6 Å². The predicted molar refractivity (Wildman–Crippen MR) is 116 cm³/mol. The quantitative estimate of drug-likeness (QED) is 0.625. The van der Waals surface area contributed by atoms with E-state index in [1.807, 2.05) is 19.9 Å². The molecule has 0 aromatic heterocycles. The van der Waals surface area contributed by atoms with E-state index < -0.39 is 11.9 Å². The van der Waals surface area contributed by atoms with Gasteiger partial charge in [0.25, 0.3) is 5.91 Å². The van der Waals surface area contributed by atoms with E-state index in [0.29, 0.717) is 18.7 Å². The fourth-order valence-electron chi connectivity index (χ4n) is 2.69. The van der Waals surface area contributed by atoms with Crippen molar-refractivity contribution in [3.8, 4) is 5.75 Å². The van der Waals surface area contributed by atoms with E-state index >= 15 is 0 Å². The zero-order valence-corrected chi connectivity index (χ0v) is 17.9. The lowest BCUT2D eigenvalue weighted by Crippen LogP contribution is -2.30. The standard InChI is InChI=1S/C22H27NO4.C2H6/c1-3-17-7-9-18(10-8-17)11-12-23-21(24)15-27-20-6-4-5-19(14-20)13-16(2)22(25)26;1-2/h4-10,14,16H,3,11-13,15H2,1-2H3,(H,23,24)(H,25,26);1-2H3. The minimum Gasteiger partial charge on any atom is -0.484 e. The normalized spacial score (nSPS) is 11.0. The highest BCUT2D eigenvalue weighted by Crippen LogP contribution is 2.16. The summed E-state index contributed by atoms with van der Waals surface area (Å²) in [5, 5.41) is 11.8. The van der Waals surface area contributed by atoms with Gasteiger partial charge in [0.15, 0.2) is 6.61 Å². The largest absolute Gasteiger partial charge is 0.484 e. The third-order valence-corrected chi connectivity index (χ3v) is 4.40. The number of benzene rings is 2. The van der Waals surface area contributed by atoms with Gasteiger partial charge in [0.05, 0.1) is 5.92 Å². The number of amides is 1. The number of aliphatic carboxylic acids is 1. The van der Waals surface area contributed by atoms with Crippen molar-refractivity contribution in [1.82, 2.24) is 5.32 Å². The van der Waals surface area contributed by atoms with Crippen molar-refractivity contribution >= 4 is 11.9 Å². The first-order chi connectivity index (χ1) is 14.0. The van der Waals surface area contributed by atoms with E-state index in [-0.39, 0.29) is 12.5 Å². The predicted octanol–water partition coefficient (Wildman–Crippen LogP) is 4.28. The van der Waals surface area contributed by atoms with Gasteiger partial charge in [-0.3, -0.25) is 9.59 Å². The molecule has 2 aromatic rings. The van der Waals surface area contributed by atoms with Crippen molar-refractivity contribution in [2.75, 3.05) is 13.2 Å². The van der Waals surface area contributed by atoms with Crippen LogP contribution in [0.15, 0.2) is 48.5 Å². The summed E-state index contributed by atoms with van der Waals surface area (Å²) < 4.78 is 5.52. The SMILES string of the molecule is CC.CCc1ccc(CCNC(=O)COc2cccc(CC(C)C(=O)O)c2)cc1. The third kappa shape index (κ3) is 9.28. The molecule has 2 N–H and O–H groups in total. The summed E-state index contributed by atoms with van der Waals surface area (Å²) in [4.78, 5) is 22.9. The van der Waals surface area contributed by atoms with Crippen LogP contribution in [0.1, 0.15) is 44.4 Å². The van der Waals surface area contributed by atoms with Crippen LogP contribution in [0.4, 0.5) is 0 Å². The van der Waals surface area contributed by atoms with Crippen LogP contribution in [-0.2, 0) is 28.9 Å². The molecule has 2 aromatic carbocycles. The zero-order valence-electron chi connectivity index (χ0n) is 17.9. The second kappa shape index (κ2) is 13.4. The van der Waals surface area contributed by atoms with Crippen LogP contribution >= 0.6 is 0 Å². The van der Waals surface area contributed by atoms with Crippen LogP contribution in [0.2, 0.25) is 0 Å². The van der Waals surface area contributed by atoms with Crippen molar-refractivity contribution in [3.05, 3.63) is 65.2 Å². The van der Waals surface area contributed by atoms with Crippen molar-refractivity contribution in [1.29, 1.82) is 0 Å². The molecule has 5 nitrogen and oxygen atoms in total. The molecule has 1 atom stereocenters. The van der Waals surface area contributed by atoms with Gasteiger partial charge in [-0.2, -0.15) is 0 Å². The smallest absolute Gasteiger partial charge is 0.306 e. The molecule has 0 heterocycles. The molecule has 1 unspecified atom stereocenters. The molecule has 0 bridgehead atoms. The number of hydrogen-bond acceptors (Lipinski definition) is 3. The Balaban J connectivity index is 0.00000204. The molecule has 2 rings (SSSR count). The summed E-state index contributed by atoms with van der Waals surface area (Å²) in [6.07, 6.45) is 2.22. The monoisotopic (exact) mass is 399 g/mol. The Morgan fingerprint density at radius 2 is 1.69 bits per heavy atom. The van der Waals surface area contributed by atoms with Crippen LogP contribution in [0.3, 0.4) is 0 Å². The molecule has 29 heavy (non-hydrogen) atoms. The molecular formula is C24H33NO4. The molecular weight excluding hydrogens is 366 g/mol. The maximum absolute atomic E-state index is 11.9. The Morgan fingerprint density at radius 1 is 1.03 bits per heavy atom. The molecule has 0 aliphatic heterocycles. The number of carbonyl (C=O) groups excluding carboxylic acids is 1. The van der Waals surface area contributed by atoms with Crippen LogP contribution in [0.5, 0.6) is 5.75 Å². The first kappa shape index (κ1) is 24.2. The van der Waals surface area contributed by atoms with Crippen molar-refractivity contribution < 1.29 is 19.4 Å². The molecule has 0 radical (unpaired) electrons. The van der Waals surface area contributed by atoms with E-state index in [4.69, 9.17) is 9.84 Å². The highest BCUT2D eigenvalue weighted by atomic mass is 16.5. The van der Waals surface area contributed by atoms with Gasteiger partial charge in [-0.15, -0.1) is 0 Å². The van der Waals surface area contributed by atoms with Crippen molar-refractivity contribution in [2.24, 2.45) is 5.92 Å². The van der Waals surface area contributed by atoms with Crippen LogP contribution < -0.4 is 10.1 Å². The van der Waals surface area contributed by atoms with Crippen LogP contribution in [-0.4, -0.2) is 30.1 Å². The first-order valence-corrected chi connectivity index (χ1v) is 10.3. The van der Waals surface area contributed by atoms with Crippen molar-refractivity contribution in [2.45, 2.75) is 47.0 Å². The minimum absolute atomic E-state index is 0.0628. The Morgan fingerprint density at radius 3 is 2.31 bits per heavy atom. The van der Waals surface area contributed by atoms with Gasteiger partial charge >= 0.3 is 5.97 Å². The molecule has 1 amide bonds. The molecule has 0 spiro atoms. The molecule has 5 heteroatoms. The van der Waals surface area contributed by atoms with E-state index in [1.54, 1.807) is 25.1 Å². The summed E-state index contributed by atoms with van der Waals surface area (Å²) >= 11 is 0. The molecule has 0 fully saturated rings. The number of carbonyl (C=O) groups is 2. The second-order valence-corrected chi connectivity index (χ2v) is 6.65. The summed E-state index contributed by atoms with van der Waals surface area (Å²) in [6.45, 7) is 8.29. The molecule has 0 aliphatic carbocycles. The van der Waals surface area contributed by atoms with E-state index in [1.165, 1.54) is 11.1 Å². The Labute approximate surface area is 174 Å². The Bertz CT molecular complexity index is 756. The van der Waals surface area contributed by atoms with Gasteiger partial charge in [-0.05, 0) is 48.1 Å². The minimum atomic E-state index is -0.829. The molecule has 0 aliphatic rings. The zero-order chi connectivity index (χ0) is 21.6. The summed E-state index contributed by atoms with van der Waals surface area (Å²) in [6, 6.07) is 15.6. The Hall–Kier alpha value is -2.82. The fourth-order valence-corrected chi connectivity index (χ4v) is 2.69. The summed E-state index contributed by atoms with van der Waals surface area (Å²) in [5.41, 5.74) is 3.36. The van der Waals surface area contributed by atoms with E-state index in [0.717, 1.165) is 18.4 Å². The van der Waals surface area contributed by atoms with Gasteiger partial charge in [0, 0.05) is 6.54 Å². The number of hydrogen-bond donors (Lipinski definition) is 2. The molecule has 0 saturated carbocycles. The second-order valence-electron chi connectivity index (χ2n) is 6.65. The lowest BCUT2D eigenvalue weighted by Gasteiger charge is -2.10. The van der Waals surface area contributed by atoms with Gasteiger partial charge < -0.3 is 15.2 Å². The number of nitrogens with one attached hydrogen (secondary N) is 1. The number of aryl methyl sites for hydroxylation is 1. The van der Waals surface area contributed by atoms with E-state index in [2.05, 4.69) is 36.5 Å². The van der Waals surface area contributed by atoms with E-state index in [9.17, 15) is 9.59 Å². The number of carboxylic acid groups (broad SMARTS) is 1. The van der Waals surface area contributed by atoms with Crippen LogP contribution in [0, 0.1) is 5.92 Å². The highest BCUT2D eigenvalue weighted by molar-refractivity contribution is 5.77. The van der Waals surface area contributed by atoms with Crippen LogP contribution in [0.25, 0.3) is 0 Å². The number of carboxylic acids is 1. The van der Waals surface area contributed by atoms with Gasteiger partial charge in [-0.1, -0.05) is 64.1 Å². The molecule has 158 valence electrons. The lowest BCUT2D eigenvalue weighted by molar-refractivity contribution is -0.141. The maximum atomic E-state index is 11.9. The summed E-state index contributed by atoms with van der Waals surface area (Å²) in [7, 11) is 0. The average Bonchev–Trinajstić information content (AvgIpc) is 2.74. The maximum Gasteiger partial charge on any atom is 0.306 e. The third-order valence-electron chi connectivity index (χ3n) is 4.40. The van der Waals surface area contributed by atoms with Gasteiger partial charge in [0.2, 0.25) is 0 Å². The molecule has 0 saturated heterocycles. The Kier molecular flexibility index (Phi) is 11.2. The lowest BCUT2D eigenvalue weighted by atomic mass is 10.0. The van der Waals surface area contributed by atoms with Gasteiger partial charge in [0.1, 0.15) is 5.75 Å². The average molecular weight is 400 g/mol.